The molecule has 0 radical (unpaired) electrons. The Morgan fingerprint density at radius 1 is 1.29 bits per heavy atom. The Bertz CT molecular complexity index is 589. The van der Waals surface area contributed by atoms with Crippen LogP contribution in [0.15, 0.2) is 18.2 Å². The van der Waals surface area contributed by atoms with Crippen LogP contribution in [0.5, 0.6) is 0 Å². The predicted octanol–water partition coefficient (Wildman–Crippen LogP) is 4.47. The van der Waals surface area contributed by atoms with E-state index in [1.807, 2.05) is 0 Å². The Balaban J connectivity index is 2.35. The molecule has 17 heavy (non-hydrogen) atoms. The SMILES string of the molecule is Cc1ccc2nc3c(c(C)c2c1)CCCC3Cl. The third-order valence-electron chi connectivity index (χ3n) is 3.74. The fraction of sp³-hybridized carbons (Fsp3) is 0.400. The molecule has 1 aliphatic carbocycles. The fourth-order valence-electron chi connectivity index (χ4n) is 2.77. The molecule has 1 heterocycles. The van der Waals surface area contributed by atoms with Crippen LogP contribution >= 0.6 is 11.6 Å². The van der Waals surface area contributed by atoms with E-state index in [0.717, 1.165) is 24.1 Å². The summed E-state index contributed by atoms with van der Waals surface area (Å²) in [5.74, 6) is 0. The molecule has 0 fully saturated rings. The van der Waals surface area contributed by atoms with E-state index in [1.165, 1.54) is 28.5 Å². The summed E-state index contributed by atoms with van der Waals surface area (Å²) in [6.45, 7) is 4.33. The molecule has 88 valence electrons. The Morgan fingerprint density at radius 3 is 2.94 bits per heavy atom. The first-order valence-corrected chi connectivity index (χ1v) is 6.64. The third kappa shape index (κ3) is 1.73. The fourth-order valence-corrected chi connectivity index (χ4v) is 3.10. The molecule has 0 bridgehead atoms. The van der Waals surface area contributed by atoms with Gasteiger partial charge in [0.15, 0.2) is 0 Å². The zero-order valence-corrected chi connectivity index (χ0v) is 11.0. The summed E-state index contributed by atoms with van der Waals surface area (Å²) < 4.78 is 0. The number of hydrogen-bond acceptors (Lipinski definition) is 1. The molecule has 0 spiro atoms. The standard InChI is InChI=1S/C15H16ClN/c1-9-6-7-14-12(8-9)10(2)11-4-3-5-13(16)15(11)17-14/h6-8,13H,3-5H2,1-2H3. The van der Waals surface area contributed by atoms with Crippen molar-refractivity contribution in [2.75, 3.05) is 0 Å². The molecule has 3 rings (SSSR count). The van der Waals surface area contributed by atoms with Gasteiger partial charge in [0.05, 0.1) is 16.6 Å². The quantitative estimate of drug-likeness (QED) is 0.624. The van der Waals surface area contributed by atoms with Crippen LogP contribution in [0.3, 0.4) is 0 Å². The van der Waals surface area contributed by atoms with E-state index in [2.05, 4.69) is 32.0 Å². The minimum absolute atomic E-state index is 0.100. The lowest BCUT2D eigenvalue weighted by atomic mass is 9.90. The van der Waals surface area contributed by atoms with E-state index >= 15 is 0 Å². The van der Waals surface area contributed by atoms with Crippen molar-refractivity contribution in [3.05, 3.63) is 40.6 Å². The second-order valence-corrected chi connectivity index (χ2v) is 5.51. The lowest BCUT2D eigenvalue weighted by molar-refractivity contribution is 0.650. The number of benzene rings is 1. The number of rotatable bonds is 0. The van der Waals surface area contributed by atoms with Crippen LogP contribution in [-0.2, 0) is 6.42 Å². The summed E-state index contributed by atoms with van der Waals surface area (Å²) in [5.41, 5.74) is 6.25. The van der Waals surface area contributed by atoms with Crippen LogP contribution in [-0.4, -0.2) is 4.98 Å². The van der Waals surface area contributed by atoms with Gasteiger partial charge in [0.1, 0.15) is 0 Å². The Kier molecular flexibility index (Phi) is 2.59. The van der Waals surface area contributed by atoms with E-state index < -0.39 is 0 Å². The van der Waals surface area contributed by atoms with Crippen molar-refractivity contribution < 1.29 is 0 Å². The zero-order chi connectivity index (χ0) is 12.0. The maximum absolute atomic E-state index is 6.39. The van der Waals surface area contributed by atoms with Crippen molar-refractivity contribution in [2.45, 2.75) is 38.5 Å². The topological polar surface area (TPSA) is 12.9 Å². The summed E-state index contributed by atoms with van der Waals surface area (Å²) in [6.07, 6.45) is 3.36. The second-order valence-electron chi connectivity index (χ2n) is 4.98. The Hall–Kier alpha value is -1.08. The Morgan fingerprint density at radius 2 is 2.12 bits per heavy atom. The predicted molar refractivity (Wildman–Crippen MR) is 72.7 cm³/mol. The lowest BCUT2D eigenvalue weighted by Crippen LogP contribution is -2.10. The summed E-state index contributed by atoms with van der Waals surface area (Å²) in [6, 6.07) is 6.46. The van der Waals surface area contributed by atoms with Gasteiger partial charge >= 0.3 is 0 Å². The van der Waals surface area contributed by atoms with E-state index in [4.69, 9.17) is 16.6 Å². The van der Waals surface area contributed by atoms with Crippen molar-refractivity contribution in [1.82, 2.24) is 4.98 Å². The maximum Gasteiger partial charge on any atom is 0.0760 e. The highest BCUT2D eigenvalue weighted by Gasteiger charge is 2.22. The molecular formula is C15H16ClN. The van der Waals surface area contributed by atoms with Gasteiger partial charge in [-0.2, -0.15) is 0 Å². The number of fused-ring (bicyclic) bond motifs is 2. The highest BCUT2D eigenvalue weighted by Crippen LogP contribution is 2.37. The molecular weight excluding hydrogens is 230 g/mol. The first kappa shape index (κ1) is 11.0. The molecule has 0 N–H and O–H groups in total. The Labute approximate surface area is 107 Å². The van der Waals surface area contributed by atoms with Gasteiger partial charge in [-0.15, -0.1) is 11.6 Å². The minimum Gasteiger partial charge on any atom is -0.251 e. The molecule has 0 aliphatic heterocycles. The zero-order valence-electron chi connectivity index (χ0n) is 10.3. The number of aromatic nitrogens is 1. The first-order valence-electron chi connectivity index (χ1n) is 6.20. The molecule has 1 aromatic heterocycles. The van der Waals surface area contributed by atoms with Gasteiger partial charge in [0.2, 0.25) is 0 Å². The van der Waals surface area contributed by atoms with Crippen molar-refractivity contribution in [3.8, 4) is 0 Å². The molecule has 1 unspecified atom stereocenters. The van der Waals surface area contributed by atoms with Crippen molar-refractivity contribution >= 4 is 22.5 Å². The van der Waals surface area contributed by atoms with Crippen LogP contribution in [0.2, 0.25) is 0 Å². The molecule has 0 amide bonds. The van der Waals surface area contributed by atoms with Crippen molar-refractivity contribution in [3.63, 3.8) is 0 Å². The van der Waals surface area contributed by atoms with Gasteiger partial charge in [-0.05, 0) is 56.4 Å². The smallest absolute Gasteiger partial charge is 0.0760 e. The molecule has 1 nitrogen and oxygen atoms in total. The second kappa shape index (κ2) is 3.99. The van der Waals surface area contributed by atoms with Gasteiger partial charge in [-0.25, -0.2) is 0 Å². The largest absolute Gasteiger partial charge is 0.251 e. The minimum atomic E-state index is 0.100. The van der Waals surface area contributed by atoms with Crippen molar-refractivity contribution in [2.24, 2.45) is 0 Å². The van der Waals surface area contributed by atoms with E-state index in [9.17, 15) is 0 Å². The average molecular weight is 246 g/mol. The van der Waals surface area contributed by atoms with E-state index in [1.54, 1.807) is 0 Å². The highest BCUT2D eigenvalue weighted by molar-refractivity contribution is 6.21. The highest BCUT2D eigenvalue weighted by atomic mass is 35.5. The van der Waals surface area contributed by atoms with Gasteiger partial charge in [0, 0.05) is 5.39 Å². The molecule has 0 saturated heterocycles. The molecule has 1 atom stereocenters. The van der Waals surface area contributed by atoms with Gasteiger partial charge in [-0.1, -0.05) is 11.6 Å². The summed E-state index contributed by atoms with van der Waals surface area (Å²) in [5, 5.41) is 1.39. The first-order chi connectivity index (χ1) is 8.16. The monoisotopic (exact) mass is 245 g/mol. The number of hydrogen-bond donors (Lipinski definition) is 0. The number of aryl methyl sites for hydroxylation is 2. The van der Waals surface area contributed by atoms with Crippen LogP contribution in [0, 0.1) is 13.8 Å². The van der Waals surface area contributed by atoms with Crippen LogP contribution in [0.25, 0.3) is 10.9 Å². The number of nitrogens with zero attached hydrogens (tertiary/aromatic N) is 1. The average Bonchev–Trinajstić information content (AvgIpc) is 2.32. The number of alkyl halides is 1. The van der Waals surface area contributed by atoms with Crippen LogP contribution in [0.4, 0.5) is 0 Å². The normalized spacial score (nSPS) is 19.4. The molecule has 2 aromatic rings. The summed E-state index contributed by atoms with van der Waals surface area (Å²) >= 11 is 6.39. The van der Waals surface area contributed by atoms with E-state index in [-0.39, 0.29) is 5.38 Å². The number of pyridine rings is 1. The third-order valence-corrected chi connectivity index (χ3v) is 4.16. The molecule has 1 aromatic carbocycles. The molecule has 1 aliphatic rings. The van der Waals surface area contributed by atoms with Gasteiger partial charge in [0.25, 0.3) is 0 Å². The van der Waals surface area contributed by atoms with Gasteiger partial charge in [-0.3, -0.25) is 4.98 Å². The van der Waals surface area contributed by atoms with Crippen LogP contribution < -0.4 is 0 Å². The number of halogens is 1. The summed E-state index contributed by atoms with van der Waals surface area (Å²) in [4.78, 5) is 4.77. The molecule has 2 heteroatoms. The van der Waals surface area contributed by atoms with Crippen LogP contribution in [0.1, 0.15) is 40.6 Å². The van der Waals surface area contributed by atoms with Gasteiger partial charge < -0.3 is 0 Å². The molecule has 0 saturated carbocycles. The van der Waals surface area contributed by atoms with Crippen molar-refractivity contribution in [1.29, 1.82) is 0 Å². The maximum atomic E-state index is 6.39. The lowest BCUT2D eigenvalue weighted by Gasteiger charge is -2.22. The summed E-state index contributed by atoms with van der Waals surface area (Å²) in [7, 11) is 0. The van der Waals surface area contributed by atoms with E-state index in [0.29, 0.717) is 0 Å².